The largest absolute Gasteiger partial charge is 0.507 e. The molecule has 0 spiro atoms. The Kier molecular flexibility index (Phi) is 5.37. The summed E-state index contributed by atoms with van der Waals surface area (Å²) in [5.41, 5.74) is 1.37. The fourth-order valence-corrected chi connectivity index (χ4v) is 1.89. The third-order valence-corrected chi connectivity index (χ3v) is 3.11. The molecule has 0 aliphatic heterocycles. The Balaban J connectivity index is 2.83. The van der Waals surface area contributed by atoms with Crippen molar-refractivity contribution in [2.45, 2.75) is 38.9 Å². The van der Waals surface area contributed by atoms with Crippen LogP contribution in [-0.2, 0) is 11.2 Å². The molecule has 0 aliphatic rings. The molecule has 4 nitrogen and oxygen atoms in total. The lowest BCUT2D eigenvalue weighted by atomic mass is 9.67. The minimum Gasteiger partial charge on any atom is -0.507 e. The van der Waals surface area contributed by atoms with E-state index in [-0.39, 0.29) is 24.4 Å². The van der Waals surface area contributed by atoms with Crippen LogP contribution in [0.1, 0.15) is 30.9 Å². The van der Waals surface area contributed by atoms with Crippen molar-refractivity contribution in [1.29, 1.82) is 0 Å². The Morgan fingerprint density at radius 1 is 1.39 bits per heavy atom. The molecule has 1 aromatic rings. The summed E-state index contributed by atoms with van der Waals surface area (Å²) in [6.07, 6.45) is 0.765. The van der Waals surface area contributed by atoms with Crippen LogP contribution in [0.2, 0.25) is 5.82 Å². The first-order valence-electron chi connectivity index (χ1n) is 6.11. The lowest BCUT2D eigenvalue weighted by Crippen LogP contribution is -2.24. The first-order chi connectivity index (χ1) is 8.45. The third-order valence-electron chi connectivity index (χ3n) is 3.11. The van der Waals surface area contributed by atoms with Crippen LogP contribution in [0, 0.1) is 6.92 Å². The van der Waals surface area contributed by atoms with Crippen LogP contribution in [0.25, 0.3) is 0 Å². The minimum absolute atomic E-state index is 0.0137. The average molecular weight is 250 g/mol. The first kappa shape index (κ1) is 14.7. The fourth-order valence-electron chi connectivity index (χ4n) is 1.89. The van der Waals surface area contributed by atoms with Gasteiger partial charge in [0, 0.05) is 18.7 Å². The molecule has 0 bridgehead atoms. The SMILES string of the molecule is CCC(=O)CC(Cc1cccc(C)c1O)B(O)O. The Morgan fingerprint density at radius 3 is 2.61 bits per heavy atom. The molecule has 0 saturated carbocycles. The highest BCUT2D eigenvalue weighted by molar-refractivity contribution is 6.43. The zero-order valence-corrected chi connectivity index (χ0v) is 10.8. The molecule has 0 heterocycles. The molecule has 0 aromatic heterocycles. The number of phenols is 1. The maximum Gasteiger partial charge on any atom is 0.455 e. The number of carbonyl (C=O) groups is 1. The smallest absolute Gasteiger partial charge is 0.455 e. The lowest BCUT2D eigenvalue weighted by molar-refractivity contribution is -0.118. The van der Waals surface area contributed by atoms with Crippen molar-refractivity contribution in [3.05, 3.63) is 29.3 Å². The van der Waals surface area contributed by atoms with E-state index in [1.54, 1.807) is 32.0 Å². The highest BCUT2D eigenvalue weighted by atomic mass is 16.4. The summed E-state index contributed by atoms with van der Waals surface area (Å²) in [5, 5.41) is 28.5. The maximum atomic E-state index is 11.4. The van der Waals surface area contributed by atoms with Gasteiger partial charge in [-0.2, -0.15) is 0 Å². The summed E-state index contributed by atoms with van der Waals surface area (Å²) in [5.74, 6) is -0.433. The molecular weight excluding hydrogens is 231 g/mol. The number of carbonyl (C=O) groups excluding carboxylic acids is 1. The van der Waals surface area contributed by atoms with Gasteiger partial charge in [0.2, 0.25) is 0 Å². The van der Waals surface area contributed by atoms with E-state index in [1.807, 2.05) is 0 Å². The quantitative estimate of drug-likeness (QED) is 0.668. The molecule has 5 heteroatoms. The highest BCUT2D eigenvalue weighted by Gasteiger charge is 2.26. The molecule has 3 N–H and O–H groups in total. The lowest BCUT2D eigenvalue weighted by Gasteiger charge is -2.16. The molecule has 0 aliphatic carbocycles. The van der Waals surface area contributed by atoms with Gasteiger partial charge in [-0.15, -0.1) is 0 Å². The van der Waals surface area contributed by atoms with Gasteiger partial charge in [-0.25, -0.2) is 0 Å². The van der Waals surface area contributed by atoms with Gasteiger partial charge < -0.3 is 15.2 Å². The van der Waals surface area contributed by atoms with Crippen LogP contribution in [0.3, 0.4) is 0 Å². The first-order valence-corrected chi connectivity index (χ1v) is 6.11. The molecule has 98 valence electrons. The molecule has 1 atom stereocenters. The topological polar surface area (TPSA) is 77.8 Å². The van der Waals surface area contributed by atoms with Gasteiger partial charge in [0.15, 0.2) is 0 Å². The van der Waals surface area contributed by atoms with Crippen LogP contribution in [-0.4, -0.2) is 28.1 Å². The monoisotopic (exact) mass is 250 g/mol. The number of para-hydroxylation sites is 1. The standard InChI is InChI=1S/C13H19BO4/c1-3-12(15)8-11(14(17)18)7-10-6-4-5-9(2)13(10)16/h4-6,11,16-18H,3,7-8H2,1-2H3. The second-order valence-corrected chi connectivity index (χ2v) is 4.56. The summed E-state index contributed by atoms with van der Waals surface area (Å²) < 4.78 is 0. The Bertz CT molecular complexity index is 417. The van der Waals surface area contributed by atoms with Crippen molar-refractivity contribution in [1.82, 2.24) is 0 Å². The third kappa shape index (κ3) is 3.86. The van der Waals surface area contributed by atoms with Crippen molar-refractivity contribution in [3.8, 4) is 5.75 Å². The second-order valence-electron chi connectivity index (χ2n) is 4.56. The summed E-state index contributed by atoms with van der Waals surface area (Å²) in [6.45, 7) is 3.52. The molecule has 0 radical (unpaired) electrons. The van der Waals surface area contributed by atoms with E-state index in [0.717, 1.165) is 5.56 Å². The Labute approximate surface area is 107 Å². The van der Waals surface area contributed by atoms with Crippen LogP contribution >= 0.6 is 0 Å². The van der Waals surface area contributed by atoms with E-state index >= 15 is 0 Å². The van der Waals surface area contributed by atoms with Gasteiger partial charge in [0.05, 0.1) is 0 Å². The number of ketones is 1. The highest BCUT2D eigenvalue weighted by Crippen LogP contribution is 2.28. The number of benzene rings is 1. The number of aromatic hydroxyl groups is 1. The molecule has 1 rings (SSSR count). The predicted octanol–water partition coefficient (Wildman–Crippen LogP) is 1.46. The normalized spacial score (nSPS) is 12.2. The van der Waals surface area contributed by atoms with Crippen molar-refractivity contribution in [2.24, 2.45) is 0 Å². The molecule has 1 unspecified atom stereocenters. The molecule has 0 saturated heterocycles. The Morgan fingerprint density at radius 2 is 2.06 bits per heavy atom. The average Bonchev–Trinajstić information content (AvgIpc) is 2.33. The fraction of sp³-hybridized carbons (Fsp3) is 0.462. The number of hydrogen-bond acceptors (Lipinski definition) is 4. The summed E-state index contributed by atoms with van der Waals surface area (Å²) >= 11 is 0. The van der Waals surface area contributed by atoms with Crippen LogP contribution in [0.15, 0.2) is 18.2 Å². The summed E-state index contributed by atoms with van der Waals surface area (Å²) in [6, 6.07) is 5.31. The van der Waals surface area contributed by atoms with Gasteiger partial charge in [0.25, 0.3) is 0 Å². The number of aryl methyl sites for hydroxylation is 1. The minimum atomic E-state index is -1.56. The van der Waals surface area contributed by atoms with Crippen molar-refractivity contribution in [3.63, 3.8) is 0 Å². The van der Waals surface area contributed by atoms with E-state index in [0.29, 0.717) is 12.0 Å². The van der Waals surface area contributed by atoms with Gasteiger partial charge in [-0.1, -0.05) is 25.1 Å². The van der Waals surface area contributed by atoms with E-state index in [4.69, 9.17) is 0 Å². The predicted molar refractivity (Wildman–Crippen MR) is 70.4 cm³/mol. The van der Waals surface area contributed by atoms with E-state index < -0.39 is 12.9 Å². The van der Waals surface area contributed by atoms with Gasteiger partial charge in [0.1, 0.15) is 11.5 Å². The van der Waals surface area contributed by atoms with Gasteiger partial charge in [-0.3, -0.25) is 4.79 Å². The zero-order valence-electron chi connectivity index (χ0n) is 10.8. The van der Waals surface area contributed by atoms with Crippen molar-refractivity contribution >= 4 is 12.9 Å². The maximum absolute atomic E-state index is 11.4. The van der Waals surface area contributed by atoms with Crippen LogP contribution < -0.4 is 0 Å². The molecule has 0 amide bonds. The van der Waals surface area contributed by atoms with Gasteiger partial charge >= 0.3 is 7.12 Å². The number of rotatable bonds is 6. The van der Waals surface area contributed by atoms with E-state index in [2.05, 4.69) is 0 Å². The molecule has 0 fully saturated rings. The van der Waals surface area contributed by atoms with E-state index in [1.165, 1.54) is 0 Å². The van der Waals surface area contributed by atoms with Crippen LogP contribution in [0.5, 0.6) is 5.75 Å². The summed E-state index contributed by atoms with van der Waals surface area (Å²) in [7, 11) is -1.56. The number of Topliss-reactive ketones (excluding diaryl/α,β-unsaturated/α-hetero) is 1. The second kappa shape index (κ2) is 6.57. The number of hydrogen-bond donors (Lipinski definition) is 3. The van der Waals surface area contributed by atoms with Crippen LogP contribution in [0.4, 0.5) is 0 Å². The molecule has 1 aromatic carbocycles. The number of phenolic OH excluding ortho intramolecular Hbond substituents is 1. The summed E-state index contributed by atoms with van der Waals surface area (Å²) in [4.78, 5) is 11.4. The van der Waals surface area contributed by atoms with Gasteiger partial charge in [-0.05, 0) is 24.5 Å². The zero-order chi connectivity index (χ0) is 13.7. The molecule has 18 heavy (non-hydrogen) atoms. The van der Waals surface area contributed by atoms with Crippen molar-refractivity contribution in [2.75, 3.05) is 0 Å². The Hall–Kier alpha value is -1.33. The van der Waals surface area contributed by atoms with E-state index in [9.17, 15) is 19.9 Å². The van der Waals surface area contributed by atoms with Crippen molar-refractivity contribution < 1.29 is 19.9 Å². The molecular formula is C13H19BO4.